The Balaban J connectivity index is 1.92. The van der Waals surface area contributed by atoms with Gasteiger partial charge in [0.15, 0.2) is 11.6 Å². The van der Waals surface area contributed by atoms with Gasteiger partial charge < -0.3 is 10.1 Å². The van der Waals surface area contributed by atoms with E-state index in [9.17, 15) is 10.1 Å². The van der Waals surface area contributed by atoms with Gasteiger partial charge >= 0.3 is 5.82 Å². The van der Waals surface area contributed by atoms with Crippen molar-refractivity contribution in [1.29, 1.82) is 0 Å². The van der Waals surface area contributed by atoms with Crippen LogP contribution in [0, 0.1) is 17.0 Å². The van der Waals surface area contributed by atoms with E-state index in [2.05, 4.69) is 27.8 Å². The van der Waals surface area contributed by atoms with Crippen LogP contribution in [0.15, 0.2) is 36.5 Å². The molecule has 0 amide bonds. The van der Waals surface area contributed by atoms with E-state index >= 15 is 0 Å². The van der Waals surface area contributed by atoms with Crippen molar-refractivity contribution in [2.75, 3.05) is 0 Å². The van der Waals surface area contributed by atoms with Crippen LogP contribution in [0.3, 0.4) is 0 Å². The van der Waals surface area contributed by atoms with Crippen molar-refractivity contribution < 1.29 is 4.92 Å². The minimum absolute atomic E-state index is 0.0498. The smallest absolute Gasteiger partial charge is 0.342 e. The number of hydrogen-bond acceptors (Lipinski definition) is 6. The fraction of sp³-hybridized carbons (Fsp3) is 0.267. The fourth-order valence-corrected chi connectivity index (χ4v) is 2.88. The Hall–Kier alpha value is -2.68. The van der Waals surface area contributed by atoms with Gasteiger partial charge in [0, 0.05) is 12.1 Å². The highest BCUT2D eigenvalue weighted by atomic mass is 32.1. The van der Waals surface area contributed by atoms with Gasteiger partial charge in [-0.05, 0) is 24.0 Å². The van der Waals surface area contributed by atoms with Crippen LogP contribution in [-0.2, 0) is 13.5 Å². The average Bonchev–Trinajstić information content (AvgIpc) is 3.12. The zero-order valence-electron chi connectivity index (χ0n) is 13.2. The van der Waals surface area contributed by atoms with Crippen LogP contribution in [-0.4, -0.2) is 29.2 Å². The molecule has 124 valence electrons. The van der Waals surface area contributed by atoms with Gasteiger partial charge in [0.2, 0.25) is 0 Å². The first-order valence-corrected chi connectivity index (χ1v) is 7.81. The molecule has 0 aliphatic carbocycles. The molecule has 1 atom stereocenters. The van der Waals surface area contributed by atoms with Crippen LogP contribution in [0.25, 0.3) is 5.69 Å². The maximum absolute atomic E-state index is 10.9. The number of aryl methyl sites for hydroxylation is 1. The van der Waals surface area contributed by atoms with Crippen LogP contribution < -0.4 is 0 Å². The summed E-state index contributed by atoms with van der Waals surface area (Å²) in [6.45, 7) is 1.87. The largest absolute Gasteiger partial charge is 0.358 e. The molecule has 1 aromatic carbocycles. The average molecular weight is 344 g/mol. The topological polar surface area (TPSA) is 91.7 Å². The van der Waals surface area contributed by atoms with Gasteiger partial charge in [-0.1, -0.05) is 18.2 Å². The van der Waals surface area contributed by atoms with Crippen molar-refractivity contribution in [1.82, 2.24) is 24.3 Å². The molecular formula is C15H16N6O2S. The summed E-state index contributed by atoms with van der Waals surface area (Å²) in [7, 11) is 1.62. The van der Waals surface area contributed by atoms with E-state index in [-0.39, 0.29) is 11.1 Å². The summed E-state index contributed by atoms with van der Waals surface area (Å²) in [5, 5.41) is 19.0. The highest BCUT2D eigenvalue weighted by molar-refractivity contribution is 7.80. The number of hydrogen-bond donors (Lipinski definition) is 1. The summed E-state index contributed by atoms with van der Waals surface area (Å²) < 4.78 is 3.38. The first-order chi connectivity index (χ1) is 11.5. The van der Waals surface area contributed by atoms with E-state index in [1.54, 1.807) is 7.05 Å². The molecule has 0 fully saturated rings. The van der Waals surface area contributed by atoms with Gasteiger partial charge in [0.05, 0.1) is 12.3 Å². The van der Waals surface area contributed by atoms with Crippen LogP contribution in [0.5, 0.6) is 0 Å². The molecule has 9 heteroatoms. The number of benzene rings is 1. The molecule has 0 N–H and O–H groups in total. The Morgan fingerprint density at radius 1 is 1.29 bits per heavy atom. The maximum atomic E-state index is 10.9. The lowest BCUT2D eigenvalue weighted by Crippen LogP contribution is -2.10. The molecule has 1 unspecified atom stereocenters. The van der Waals surface area contributed by atoms with Crippen molar-refractivity contribution in [2.24, 2.45) is 7.05 Å². The van der Waals surface area contributed by atoms with E-state index in [0.29, 0.717) is 18.1 Å². The van der Waals surface area contributed by atoms with Gasteiger partial charge in [0.1, 0.15) is 12.0 Å². The molecule has 0 bridgehead atoms. The predicted molar refractivity (Wildman–Crippen MR) is 91.4 cm³/mol. The Morgan fingerprint density at radius 3 is 2.62 bits per heavy atom. The van der Waals surface area contributed by atoms with Crippen molar-refractivity contribution in [3.63, 3.8) is 0 Å². The second kappa shape index (κ2) is 6.44. The van der Waals surface area contributed by atoms with Gasteiger partial charge in [-0.3, -0.25) is 4.57 Å². The van der Waals surface area contributed by atoms with Crippen LogP contribution in [0.1, 0.15) is 22.7 Å². The third-order valence-electron chi connectivity index (χ3n) is 3.79. The standard InChI is InChI=1S/C15H16N6O2S/c1-10-17-18-15(20(10)11-6-4-3-5-7-11)12(24)8-13-16-9-14(19(13)2)21(22)23/h3-7,9,12,24H,8H2,1-2H3. The molecule has 8 nitrogen and oxygen atoms in total. The normalized spacial score (nSPS) is 12.3. The lowest BCUT2D eigenvalue weighted by Gasteiger charge is -2.12. The summed E-state index contributed by atoms with van der Waals surface area (Å²) in [6.07, 6.45) is 1.65. The number of imidazole rings is 1. The van der Waals surface area contributed by atoms with E-state index in [1.165, 1.54) is 10.8 Å². The molecule has 24 heavy (non-hydrogen) atoms. The van der Waals surface area contributed by atoms with Crippen molar-refractivity contribution in [3.8, 4) is 5.69 Å². The molecule has 2 heterocycles. The molecule has 3 rings (SSSR count). The Labute approximate surface area is 143 Å². The molecule has 2 aromatic heterocycles. The SMILES string of the molecule is Cc1nnc(C(S)Cc2ncc([N+](=O)[O-])n2C)n1-c1ccccc1. The monoisotopic (exact) mass is 344 g/mol. The Bertz CT molecular complexity index is 873. The quantitative estimate of drug-likeness (QED) is 0.436. The van der Waals surface area contributed by atoms with E-state index in [4.69, 9.17) is 0 Å². The third-order valence-corrected chi connectivity index (χ3v) is 4.20. The minimum Gasteiger partial charge on any atom is -0.358 e. The van der Waals surface area contributed by atoms with E-state index < -0.39 is 4.92 Å². The Morgan fingerprint density at radius 2 is 2.00 bits per heavy atom. The second-order valence-electron chi connectivity index (χ2n) is 5.35. The Kier molecular flexibility index (Phi) is 4.34. The molecular weight excluding hydrogens is 328 g/mol. The molecule has 0 saturated heterocycles. The van der Waals surface area contributed by atoms with Crippen molar-refractivity contribution in [2.45, 2.75) is 18.6 Å². The summed E-state index contributed by atoms with van der Waals surface area (Å²) in [5.74, 6) is 1.95. The minimum atomic E-state index is -0.458. The highest BCUT2D eigenvalue weighted by Crippen LogP contribution is 2.26. The van der Waals surface area contributed by atoms with Gasteiger partial charge in [-0.15, -0.1) is 10.2 Å². The number of aromatic nitrogens is 5. The van der Waals surface area contributed by atoms with Crippen LogP contribution >= 0.6 is 12.6 Å². The number of nitro groups is 1. The first-order valence-electron chi connectivity index (χ1n) is 7.29. The molecule has 0 radical (unpaired) electrons. The number of thiol groups is 1. The maximum Gasteiger partial charge on any atom is 0.342 e. The fourth-order valence-electron chi connectivity index (χ4n) is 2.55. The number of nitrogens with zero attached hydrogens (tertiary/aromatic N) is 6. The molecule has 3 aromatic rings. The van der Waals surface area contributed by atoms with Crippen molar-refractivity contribution in [3.05, 3.63) is 64.1 Å². The zero-order valence-corrected chi connectivity index (χ0v) is 14.1. The van der Waals surface area contributed by atoms with Gasteiger partial charge in [0.25, 0.3) is 0 Å². The lowest BCUT2D eigenvalue weighted by molar-refractivity contribution is -0.391. The summed E-state index contributed by atoms with van der Waals surface area (Å²) in [5.41, 5.74) is 0.944. The van der Waals surface area contributed by atoms with E-state index in [1.807, 2.05) is 41.8 Å². The van der Waals surface area contributed by atoms with E-state index in [0.717, 1.165) is 11.5 Å². The molecule has 0 saturated carbocycles. The first kappa shape index (κ1) is 16.2. The third kappa shape index (κ3) is 2.90. The number of rotatable bonds is 5. The summed E-state index contributed by atoms with van der Waals surface area (Å²) in [6, 6.07) is 9.74. The van der Waals surface area contributed by atoms with Crippen LogP contribution in [0.4, 0.5) is 5.82 Å². The molecule has 0 aliphatic rings. The summed E-state index contributed by atoms with van der Waals surface area (Å²) in [4.78, 5) is 14.6. The van der Waals surface area contributed by atoms with Gasteiger partial charge in [-0.2, -0.15) is 12.6 Å². The zero-order chi connectivity index (χ0) is 17.3. The predicted octanol–water partition coefficient (Wildman–Crippen LogP) is 2.43. The highest BCUT2D eigenvalue weighted by Gasteiger charge is 2.23. The molecule has 0 aliphatic heterocycles. The lowest BCUT2D eigenvalue weighted by atomic mass is 10.2. The number of para-hydroxylation sites is 1. The summed E-state index contributed by atoms with van der Waals surface area (Å²) >= 11 is 4.63. The van der Waals surface area contributed by atoms with Gasteiger partial charge in [-0.25, -0.2) is 9.55 Å². The second-order valence-corrected chi connectivity index (χ2v) is 5.97. The van der Waals surface area contributed by atoms with Crippen molar-refractivity contribution >= 4 is 18.4 Å². The van der Waals surface area contributed by atoms with Crippen LogP contribution in [0.2, 0.25) is 0 Å². The molecule has 0 spiro atoms.